The van der Waals surface area contributed by atoms with Gasteiger partial charge in [0.25, 0.3) is 0 Å². The molecular weight excluding hydrogens is 310 g/mol. The summed E-state index contributed by atoms with van der Waals surface area (Å²) in [4.78, 5) is 12.4. The van der Waals surface area contributed by atoms with E-state index >= 15 is 0 Å². The number of nitrogens with one attached hydrogen (secondary N) is 1. The molecule has 2 aromatic rings. The van der Waals surface area contributed by atoms with Gasteiger partial charge in [-0.3, -0.25) is 10.2 Å². The summed E-state index contributed by atoms with van der Waals surface area (Å²) in [6.45, 7) is 0. The first-order valence-corrected chi connectivity index (χ1v) is 7.02. The highest BCUT2D eigenvalue weighted by molar-refractivity contribution is 6.64. The predicted molar refractivity (Wildman–Crippen MR) is 91.7 cm³/mol. The first kappa shape index (κ1) is 17.0. The van der Waals surface area contributed by atoms with Crippen LogP contribution in [-0.4, -0.2) is 37.1 Å². The molecule has 2 N–H and O–H groups in total. The van der Waals surface area contributed by atoms with Crippen LogP contribution in [-0.2, 0) is 0 Å². The van der Waals surface area contributed by atoms with Crippen molar-refractivity contribution in [1.29, 1.82) is 0 Å². The Morgan fingerprint density at radius 3 is 2.04 bits per heavy atom. The van der Waals surface area contributed by atoms with Gasteiger partial charge in [0, 0.05) is 5.56 Å². The van der Waals surface area contributed by atoms with Crippen LogP contribution in [0.4, 0.5) is 5.69 Å². The number of benzene rings is 2. The van der Waals surface area contributed by atoms with Crippen LogP contribution in [0.3, 0.4) is 0 Å². The van der Waals surface area contributed by atoms with Gasteiger partial charge in [0.1, 0.15) is 11.5 Å². The largest absolute Gasteiger partial charge is 0.497 e. The molecule has 0 unspecified atom stereocenters. The summed E-state index contributed by atoms with van der Waals surface area (Å²) >= 11 is 0. The van der Waals surface area contributed by atoms with E-state index in [1.54, 1.807) is 62.8 Å². The topological polar surface area (TPSA) is 92.5 Å². The number of methoxy groups -OCH3 is 2. The monoisotopic (exact) mass is 327 g/mol. The standard InChI is InChI=1S/C17H17N3O4/c1-23-14-7-3-12(4-8-14)17(21)16(11-18-22)20-19-13-5-9-15(24-2)10-6-13/h3-11,19,22H,1-2H3/b18-11+,20-16-. The van der Waals surface area contributed by atoms with Crippen molar-refractivity contribution in [3.63, 3.8) is 0 Å². The Labute approximate surface area is 139 Å². The van der Waals surface area contributed by atoms with Crippen molar-refractivity contribution in [3.05, 3.63) is 54.1 Å². The Hall–Kier alpha value is -3.35. The molecule has 7 heteroatoms. The van der Waals surface area contributed by atoms with Crippen LogP contribution in [0.2, 0.25) is 0 Å². The first-order chi connectivity index (χ1) is 11.7. The Morgan fingerprint density at radius 2 is 1.54 bits per heavy atom. The van der Waals surface area contributed by atoms with E-state index < -0.39 is 5.78 Å². The maximum Gasteiger partial charge on any atom is 0.214 e. The van der Waals surface area contributed by atoms with Crippen molar-refractivity contribution >= 4 is 23.4 Å². The Kier molecular flexibility index (Phi) is 5.90. The van der Waals surface area contributed by atoms with Crippen molar-refractivity contribution < 1.29 is 19.5 Å². The van der Waals surface area contributed by atoms with Crippen molar-refractivity contribution in [3.8, 4) is 11.5 Å². The van der Waals surface area contributed by atoms with Gasteiger partial charge in [-0.2, -0.15) is 5.10 Å². The fraction of sp³-hybridized carbons (Fsp3) is 0.118. The summed E-state index contributed by atoms with van der Waals surface area (Å²) in [5, 5.41) is 15.6. The molecule has 0 saturated carbocycles. The number of carbonyl (C=O) groups excluding carboxylic acids is 1. The lowest BCUT2D eigenvalue weighted by Crippen LogP contribution is -2.17. The molecule has 0 aliphatic heterocycles. The van der Waals surface area contributed by atoms with E-state index in [2.05, 4.69) is 15.7 Å². The molecule has 0 aliphatic rings. The summed E-state index contributed by atoms with van der Waals surface area (Å²) in [6, 6.07) is 13.5. The fourth-order valence-electron chi connectivity index (χ4n) is 1.87. The van der Waals surface area contributed by atoms with Gasteiger partial charge in [-0.25, -0.2) is 0 Å². The molecule has 0 fully saturated rings. The van der Waals surface area contributed by atoms with Gasteiger partial charge in [0.05, 0.1) is 26.1 Å². The van der Waals surface area contributed by atoms with E-state index in [1.807, 2.05) is 0 Å². The second-order valence-corrected chi connectivity index (χ2v) is 4.64. The lowest BCUT2D eigenvalue weighted by molar-refractivity contribution is 0.106. The highest BCUT2D eigenvalue weighted by atomic mass is 16.5. The normalized spacial score (nSPS) is 11.3. The maximum atomic E-state index is 12.4. The Balaban J connectivity index is 2.18. The number of hydrogen-bond donors (Lipinski definition) is 2. The van der Waals surface area contributed by atoms with Crippen LogP contribution in [0.1, 0.15) is 10.4 Å². The molecule has 2 aromatic carbocycles. The van der Waals surface area contributed by atoms with Crippen molar-refractivity contribution in [2.75, 3.05) is 19.6 Å². The Bertz CT molecular complexity index is 737. The third-order valence-electron chi connectivity index (χ3n) is 3.16. The average molecular weight is 327 g/mol. The Morgan fingerprint density at radius 1 is 1.00 bits per heavy atom. The zero-order valence-corrected chi connectivity index (χ0v) is 13.3. The molecule has 0 radical (unpaired) electrons. The second kappa shape index (κ2) is 8.33. The van der Waals surface area contributed by atoms with Crippen LogP contribution in [0.15, 0.2) is 58.8 Å². The minimum atomic E-state index is -0.392. The molecule has 0 spiro atoms. The van der Waals surface area contributed by atoms with Gasteiger partial charge in [-0.1, -0.05) is 5.16 Å². The number of nitrogens with zero attached hydrogens (tertiary/aromatic N) is 2. The molecule has 0 atom stereocenters. The number of hydrazone groups is 1. The van der Waals surface area contributed by atoms with Crippen molar-refractivity contribution in [2.45, 2.75) is 0 Å². The minimum absolute atomic E-state index is 0.0431. The quantitative estimate of drug-likeness (QED) is 0.353. The molecular formula is C17H17N3O4. The number of rotatable bonds is 7. The zero-order valence-electron chi connectivity index (χ0n) is 13.3. The summed E-state index contributed by atoms with van der Waals surface area (Å²) in [6.07, 6.45) is 0.975. The van der Waals surface area contributed by atoms with E-state index in [0.29, 0.717) is 22.7 Å². The molecule has 0 bridgehead atoms. The lowest BCUT2D eigenvalue weighted by atomic mass is 10.1. The van der Waals surface area contributed by atoms with E-state index in [1.165, 1.54) is 0 Å². The number of carbonyl (C=O) groups is 1. The van der Waals surface area contributed by atoms with Crippen LogP contribution in [0.25, 0.3) is 0 Å². The molecule has 24 heavy (non-hydrogen) atoms. The van der Waals surface area contributed by atoms with E-state index in [4.69, 9.17) is 14.7 Å². The van der Waals surface area contributed by atoms with E-state index in [-0.39, 0.29) is 5.71 Å². The van der Waals surface area contributed by atoms with E-state index in [9.17, 15) is 4.79 Å². The molecule has 124 valence electrons. The third-order valence-corrected chi connectivity index (χ3v) is 3.16. The second-order valence-electron chi connectivity index (χ2n) is 4.64. The summed E-state index contributed by atoms with van der Waals surface area (Å²) in [7, 11) is 3.12. The molecule has 0 amide bonds. The third kappa shape index (κ3) is 4.33. The number of ether oxygens (including phenoxy) is 2. The molecule has 0 heterocycles. The van der Waals surface area contributed by atoms with Crippen LogP contribution < -0.4 is 14.9 Å². The molecule has 7 nitrogen and oxygen atoms in total. The number of anilines is 1. The molecule has 2 rings (SSSR count). The average Bonchev–Trinajstić information content (AvgIpc) is 2.65. The predicted octanol–water partition coefficient (Wildman–Crippen LogP) is 2.81. The highest BCUT2D eigenvalue weighted by Gasteiger charge is 2.13. The number of hydrogen-bond acceptors (Lipinski definition) is 7. The van der Waals surface area contributed by atoms with Crippen LogP contribution >= 0.6 is 0 Å². The van der Waals surface area contributed by atoms with Gasteiger partial charge in [-0.15, -0.1) is 0 Å². The molecule has 0 aromatic heterocycles. The minimum Gasteiger partial charge on any atom is -0.497 e. The van der Waals surface area contributed by atoms with Crippen LogP contribution in [0.5, 0.6) is 11.5 Å². The summed E-state index contributed by atoms with van der Waals surface area (Å²) < 4.78 is 10.1. The smallest absolute Gasteiger partial charge is 0.214 e. The maximum absolute atomic E-state index is 12.4. The van der Waals surface area contributed by atoms with Gasteiger partial charge >= 0.3 is 0 Å². The SMILES string of the molecule is COc1ccc(N/N=C(/C=N/O)C(=O)c2ccc(OC)cc2)cc1. The van der Waals surface area contributed by atoms with Gasteiger partial charge < -0.3 is 14.7 Å². The fourth-order valence-corrected chi connectivity index (χ4v) is 1.87. The molecule has 0 aliphatic carbocycles. The first-order valence-electron chi connectivity index (χ1n) is 7.02. The van der Waals surface area contributed by atoms with E-state index in [0.717, 1.165) is 6.21 Å². The van der Waals surface area contributed by atoms with Gasteiger partial charge in [0.15, 0.2) is 5.71 Å². The number of Topliss-reactive ketones (excluding diaryl/α,β-unsaturated/α-hetero) is 1. The summed E-state index contributed by atoms with van der Waals surface area (Å²) in [5.41, 5.74) is 3.74. The molecule has 0 saturated heterocycles. The van der Waals surface area contributed by atoms with Crippen molar-refractivity contribution in [1.82, 2.24) is 0 Å². The summed E-state index contributed by atoms with van der Waals surface area (Å²) in [5.74, 6) is 0.949. The number of oxime groups is 1. The van der Waals surface area contributed by atoms with Crippen LogP contribution in [0, 0.1) is 0 Å². The zero-order chi connectivity index (χ0) is 17.4. The van der Waals surface area contributed by atoms with Gasteiger partial charge in [-0.05, 0) is 48.5 Å². The van der Waals surface area contributed by atoms with Crippen molar-refractivity contribution in [2.24, 2.45) is 10.3 Å². The lowest BCUT2D eigenvalue weighted by Gasteiger charge is -2.05. The van der Waals surface area contributed by atoms with Gasteiger partial charge in [0.2, 0.25) is 5.78 Å². The highest BCUT2D eigenvalue weighted by Crippen LogP contribution is 2.15. The number of ketones is 1.